The van der Waals surface area contributed by atoms with Gasteiger partial charge in [0.2, 0.25) is 0 Å². The van der Waals surface area contributed by atoms with E-state index < -0.39 is 0 Å². The molecule has 0 aromatic carbocycles. The molecule has 1 rings (SSSR count). The number of rotatable bonds is 1. The van der Waals surface area contributed by atoms with Crippen molar-refractivity contribution in [3.05, 3.63) is 0 Å². The summed E-state index contributed by atoms with van der Waals surface area (Å²) in [5.74, 6) is 0.999. The zero-order valence-corrected chi connectivity index (χ0v) is 6.90. The molecule has 1 fully saturated rings. The van der Waals surface area contributed by atoms with E-state index in [1.165, 1.54) is 18.7 Å². The van der Waals surface area contributed by atoms with Crippen LogP contribution in [0.2, 0.25) is 0 Å². The summed E-state index contributed by atoms with van der Waals surface area (Å²) >= 11 is 1.47. The molecule has 0 saturated carbocycles. The third-order valence-electron chi connectivity index (χ3n) is 1.63. The highest BCUT2D eigenvalue weighted by molar-refractivity contribution is 8.01. The molecule has 0 amide bonds. The minimum absolute atomic E-state index is 0.000602. The first-order chi connectivity index (χ1) is 4.63. The number of hydrogen-bond acceptors (Lipinski definition) is 3. The van der Waals surface area contributed by atoms with Crippen LogP contribution in [0.25, 0.3) is 0 Å². The number of hydrogen-bond donors (Lipinski definition) is 0. The van der Waals surface area contributed by atoms with E-state index in [1.807, 2.05) is 6.92 Å². The average molecular weight is 158 g/mol. The zero-order chi connectivity index (χ0) is 7.72. The Labute approximate surface area is 64.4 Å². The summed E-state index contributed by atoms with van der Waals surface area (Å²) in [6.07, 6.45) is 0. The topological polar surface area (TPSA) is 34.1 Å². The van der Waals surface area contributed by atoms with Crippen LogP contribution in [0, 0.1) is 5.92 Å². The highest BCUT2D eigenvalue weighted by Crippen LogP contribution is 2.27. The van der Waals surface area contributed by atoms with Gasteiger partial charge in [-0.1, -0.05) is 6.92 Å². The normalized spacial score (nSPS) is 32.8. The fraction of sp³-hybridized carbons (Fsp3) is 0.714. The van der Waals surface area contributed by atoms with Crippen LogP contribution in [0.3, 0.4) is 0 Å². The van der Waals surface area contributed by atoms with E-state index in [4.69, 9.17) is 0 Å². The van der Waals surface area contributed by atoms with Crippen molar-refractivity contribution in [3.63, 3.8) is 0 Å². The maximum atomic E-state index is 11.1. The molecule has 2 nitrogen and oxygen atoms in total. The van der Waals surface area contributed by atoms with Gasteiger partial charge < -0.3 is 0 Å². The molecule has 56 valence electrons. The lowest BCUT2D eigenvalue weighted by Gasteiger charge is -2.00. The Morgan fingerprint density at radius 3 is 2.50 bits per heavy atom. The lowest BCUT2D eigenvalue weighted by atomic mass is 10.1. The number of carbonyl (C=O) groups is 2. The zero-order valence-electron chi connectivity index (χ0n) is 6.09. The third kappa shape index (κ3) is 1.24. The van der Waals surface area contributed by atoms with Gasteiger partial charge in [0.05, 0.1) is 0 Å². The summed E-state index contributed by atoms with van der Waals surface area (Å²) in [5, 5.41) is -0.352. The molecule has 0 aromatic rings. The second-order valence-corrected chi connectivity index (χ2v) is 3.77. The second kappa shape index (κ2) is 2.74. The summed E-state index contributed by atoms with van der Waals surface area (Å²) in [6.45, 7) is 3.35. The van der Waals surface area contributed by atoms with Crippen molar-refractivity contribution < 1.29 is 9.59 Å². The predicted octanol–water partition coefficient (Wildman–Crippen LogP) is 0.896. The van der Waals surface area contributed by atoms with Crippen molar-refractivity contribution in [1.82, 2.24) is 0 Å². The van der Waals surface area contributed by atoms with Crippen molar-refractivity contribution in [1.29, 1.82) is 0 Å². The molecule has 0 unspecified atom stereocenters. The van der Waals surface area contributed by atoms with E-state index in [1.54, 1.807) is 0 Å². The molecule has 0 bridgehead atoms. The van der Waals surface area contributed by atoms with Gasteiger partial charge in [0, 0.05) is 11.7 Å². The third-order valence-corrected chi connectivity index (χ3v) is 3.22. The summed E-state index contributed by atoms with van der Waals surface area (Å²) < 4.78 is 0. The van der Waals surface area contributed by atoms with E-state index in [0.29, 0.717) is 0 Å². The monoisotopic (exact) mass is 158 g/mol. The fourth-order valence-electron chi connectivity index (χ4n) is 0.981. The molecule has 0 N–H and O–H groups in total. The van der Waals surface area contributed by atoms with Crippen LogP contribution < -0.4 is 0 Å². The number of Topliss-reactive ketones (excluding diaryl/α,β-unsaturated/α-hetero) is 2. The maximum Gasteiger partial charge on any atom is 0.156 e. The molecule has 1 saturated heterocycles. The largest absolute Gasteiger partial charge is 0.298 e. The molecule has 0 spiro atoms. The lowest BCUT2D eigenvalue weighted by Crippen LogP contribution is -2.22. The summed E-state index contributed by atoms with van der Waals surface area (Å²) in [7, 11) is 0. The van der Waals surface area contributed by atoms with Gasteiger partial charge in [-0.3, -0.25) is 9.59 Å². The Bertz CT molecular complexity index is 176. The Balaban J connectivity index is 2.66. The molecule has 0 aliphatic carbocycles. The van der Waals surface area contributed by atoms with Crippen molar-refractivity contribution in [3.8, 4) is 0 Å². The van der Waals surface area contributed by atoms with Crippen molar-refractivity contribution in [2.45, 2.75) is 19.1 Å². The number of ketones is 2. The van der Waals surface area contributed by atoms with Gasteiger partial charge in [0.15, 0.2) is 5.78 Å². The highest BCUT2D eigenvalue weighted by Gasteiger charge is 2.34. The van der Waals surface area contributed by atoms with Crippen LogP contribution in [0.1, 0.15) is 13.8 Å². The second-order valence-electron chi connectivity index (χ2n) is 2.63. The van der Waals surface area contributed by atoms with Crippen molar-refractivity contribution in [2.24, 2.45) is 5.92 Å². The molecule has 1 aliphatic rings. The van der Waals surface area contributed by atoms with Crippen LogP contribution in [-0.2, 0) is 9.59 Å². The Hall–Kier alpha value is -0.310. The minimum atomic E-state index is -0.352. The van der Waals surface area contributed by atoms with Gasteiger partial charge in [0.1, 0.15) is 11.0 Å². The summed E-state index contributed by atoms with van der Waals surface area (Å²) in [4.78, 5) is 21.9. The quantitative estimate of drug-likeness (QED) is 0.532. The van der Waals surface area contributed by atoms with Gasteiger partial charge in [-0.2, -0.15) is 0 Å². The SMILES string of the molecule is CC(=O)[C@@H]1SC[C@H](C)C1=O. The number of thioether (sulfide) groups is 1. The fourth-order valence-corrected chi connectivity index (χ4v) is 2.26. The Morgan fingerprint density at radius 2 is 2.30 bits per heavy atom. The van der Waals surface area contributed by atoms with Gasteiger partial charge in [0.25, 0.3) is 0 Å². The van der Waals surface area contributed by atoms with Crippen molar-refractivity contribution in [2.75, 3.05) is 5.75 Å². The number of carbonyl (C=O) groups excluding carboxylic acids is 2. The smallest absolute Gasteiger partial charge is 0.156 e. The van der Waals surface area contributed by atoms with E-state index in [0.717, 1.165) is 5.75 Å². The molecular weight excluding hydrogens is 148 g/mol. The van der Waals surface area contributed by atoms with Gasteiger partial charge >= 0.3 is 0 Å². The van der Waals surface area contributed by atoms with Gasteiger partial charge in [-0.05, 0) is 6.92 Å². The molecule has 2 atom stereocenters. The first-order valence-corrected chi connectivity index (χ1v) is 4.33. The molecule has 0 radical (unpaired) electrons. The van der Waals surface area contributed by atoms with E-state index >= 15 is 0 Å². The van der Waals surface area contributed by atoms with E-state index in [-0.39, 0.29) is 22.7 Å². The highest BCUT2D eigenvalue weighted by atomic mass is 32.2. The molecule has 3 heteroatoms. The molecule has 1 heterocycles. The van der Waals surface area contributed by atoms with E-state index in [2.05, 4.69) is 0 Å². The van der Waals surface area contributed by atoms with Crippen LogP contribution in [0.15, 0.2) is 0 Å². The average Bonchev–Trinajstić information content (AvgIpc) is 2.14. The Morgan fingerprint density at radius 1 is 1.70 bits per heavy atom. The van der Waals surface area contributed by atoms with E-state index in [9.17, 15) is 9.59 Å². The lowest BCUT2D eigenvalue weighted by molar-refractivity contribution is -0.126. The molecule has 1 aliphatic heterocycles. The molecule has 10 heavy (non-hydrogen) atoms. The Kier molecular flexibility index (Phi) is 2.14. The molecular formula is C7H10O2S. The summed E-state index contributed by atoms with van der Waals surface area (Å²) in [6, 6.07) is 0. The minimum Gasteiger partial charge on any atom is -0.298 e. The summed E-state index contributed by atoms with van der Waals surface area (Å²) in [5.41, 5.74) is 0. The van der Waals surface area contributed by atoms with Crippen LogP contribution in [0.5, 0.6) is 0 Å². The molecule has 0 aromatic heterocycles. The first-order valence-electron chi connectivity index (χ1n) is 3.28. The van der Waals surface area contributed by atoms with Crippen molar-refractivity contribution >= 4 is 23.3 Å². The van der Waals surface area contributed by atoms with Crippen LogP contribution in [-0.4, -0.2) is 22.6 Å². The van der Waals surface area contributed by atoms with Crippen LogP contribution >= 0.6 is 11.8 Å². The maximum absolute atomic E-state index is 11.1. The van der Waals surface area contributed by atoms with Gasteiger partial charge in [-0.25, -0.2) is 0 Å². The predicted molar refractivity (Wildman–Crippen MR) is 41.1 cm³/mol. The van der Waals surface area contributed by atoms with Gasteiger partial charge in [-0.15, -0.1) is 11.8 Å². The first kappa shape index (κ1) is 7.79. The van der Waals surface area contributed by atoms with Crippen LogP contribution in [0.4, 0.5) is 0 Å². The standard InChI is InChI=1S/C7H10O2S/c1-4-3-10-7(5(2)8)6(4)9/h4,7H,3H2,1-2H3/t4-,7-/m0/s1.